The van der Waals surface area contributed by atoms with Gasteiger partial charge in [-0.3, -0.25) is 14.7 Å². The van der Waals surface area contributed by atoms with Gasteiger partial charge in [0, 0.05) is 32.3 Å². The van der Waals surface area contributed by atoms with Crippen molar-refractivity contribution in [3.05, 3.63) is 35.7 Å². The average Bonchev–Trinajstić information content (AvgIpc) is 3.29. The van der Waals surface area contributed by atoms with Crippen molar-refractivity contribution in [2.45, 2.75) is 38.9 Å². The highest BCUT2D eigenvalue weighted by atomic mass is 16.2. The summed E-state index contributed by atoms with van der Waals surface area (Å²) in [6, 6.07) is 1.69. The highest BCUT2D eigenvalue weighted by Crippen LogP contribution is 2.21. The summed E-state index contributed by atoms with van der Waals surface area (Å²) in [4.78, 5) is 32.7. The number of nitrogens with one attached hydrogen (secondary N) is 1. The number of carbonyl (C=O) groups excluding carboxylic acids is 2. The van der Waals surface area contributed by atoms with Crippen molar-refractivity contribution < 1.29 is 9.59 Å². The molecule has 2 aliphatic rings. The van der Waals surface area contributed by atoms with Gasteiger partial charge < -0.3 is 14.4 Å². The number of fused-ring (bicyclic) bond motifs is 1. The number of H-pyrrole nitrogens is 1. The van der Waals surface area contributed by atoms with Crippen LogP contribution in [-0.2, 0) is 24.4 Å². The predicted octanol–water partition coefficient (Wildman–Crippen LogP) is 0.775. The Morgan fingerprint density at radius 1 is 1.25 bits per heavy atom. The summed E-state index contributed by atoms with van der Waals surface area (Å²) in [5, 5.41) is 6.59. The maximum absolute atomic E-state index is 12.6. The standard InChI is InChI=1S/C16H20N6O2/c23-15-3-1-6-20(15)9-13-14-10-21(7-2-8-22(14)11-17-13)16(24)12-4-5-18-19-12/h4-5,11H,1-3,6-10H2,(H,18,19). The van der Waals surface area contributed by atoms with Crippen molar-refractivity contribution in [2.24, 2.45) is 0 Å². The van der Waals surface area contributed by atoms with Crippen LogP contribution in [-0.4, -0.2) is 54.5 Å². The van der Waals surface area contributed by atoms with Gasteiger partial charge >= 0.3 is 0 Å². The molecule has 1 fully saturated rings. The van der Waals surface area contributed by atoms with E-state index in [0.29, 0.717) is 31.7 Å². The van der Waals surface area contributed by atoms with Gasteiger partial charge in [-0.15, -0.1) is 0 Å². The zero-order valence-electron chi connectivity index (χ0n) is 13.4. The summed E-state index contributed by atoms with van der Waals surface area (Å²) < 4.78 is 2.11. The van der Waals surface area contributed by atoms with Gasteiger partial charge in [0.05, 0.1) is 30.8 Å². The number of aryl methyl sites for hydroxylation is 1. The lowest BCUT2D eigenvalue weighted by Gasteiger charge is -2.21. The Morgan fingerprint density at radius 2 is 2.17 bits per heavy atom. The van der Waals surface area contributed by atoms with Gasteiger partial charge in [0.15, 0.2) is 0 Å². The van der Waals surface area contributed by atoms with E-state index in [1.54, 1.807) is 12.3 Å². The minimum absolute atomic E-state index is 0.0506. The van der Waals surface area contributed by atoms with Crippen LogP contribution in [0.25, 0.3) is 0 Å². The van der Waals surface area contributed by atoms with E-state index >= 15 is 0 Å². The van der Waals surface area contributed by atoms with Crippen molar-refractivity contribution in [3.8, 4) is 0 Å². The molecule has 0 unspecified atom stereocenters. The number of imidazole rings is 1. The summed E-state index contributed by atoms with van der Waals surface area (Å²) in [6.07, 6.45) is 5.83. The molecule has 4 rings (SSSR count). The first-order valence-corrected chi connectivity index (χ1v) is 8.31. The molecule has 0 aromatic carbocycles. The van der Waals surface area contributed by atoms with Crippen LogP contribution in [0.1, 0.15) is 41.1 Å². The van der Waals surface area contributed by atoms with E-state index in [9.17, 15) is 9.59 Å². The normalized spacial score (nSPS) is 17.9. The lowest BCUT2D eigenvalue weighted by atomic mass is 10.2. The first-order chi connectivity index (χ1) is 11.7. The maximum Gasteiger partial charge on any atom is 0.272 e. The zero-order valence-corrected chi connectivity index (χ0v) is 13.4. The second-order valence-electron chi connectivity index (χ2n) is 6.30. The first-order valence-electron chi connectivity index (χ1n) is 8.31. The summed E-state index contributed by atoms with van der Waals surface area (Å²) >= 11 is 0. The monoisotopic (exact) mass is 328 g/mol. The molecule has 0 aliphatic carbocycles. The van der Waals surface area contributed by atoms with E-state index in [4.69, 9.17) is 0 Å². The second kappa shape index (κ2) is 6.10. The highest BCUT2D eigenvalue weighted by molar-refractivity contribution is 5.92. The largest absolute Gasteiger partial charge is 0.337 e. The third kappa shape index (κ3) is 2.68. The molecule has 8 heteroatoms. The molecule has 1 N–H and O–H groups in total. The Balaban J connectivity index is 1.56. The number of hydrogen-bond acceptors (Lipinski definition) is 4. The van der Waals surface area contributed by atoms with Crippen molar-refractivity contribution in [1.82, 2.24) is 29.5 Å². The quantitative estimate of drug-likeness (QED) is 0.902. The number of aromatic amines is 1. The van der Waals surface area contributed by atoms with Crippen LogP contribution in [0.3, 0.4) is 0 Å². The van der Waals surface area contributed by atoms with Crippen LogP contribution in [0.5, 0.6) is 0 Å². The van der Waals surface area contributed by atoms with Gasteiger partial charge in [0.2, 0.25) is 5.91 Å². The smallest absolute Gasteiger partial charge is 0.272 e. The zero-order chi connectivity index (χ0) is 16.5. The number of carbonyl (C=O) groups is 2. The second-order valence-corrected chi connectivity index (χ2v) is 6.30. The Hall–Kier alpha value is -2.64. The molecule has 8 nitrogen and oxygen atoms in total. The van der Waals surface area contributed by atoms with Crippen LogP contribution >= 0.6 is 0 Å². The molecular formula is C16H20N6O2. The number of likely N-dealkylation sites (tertiary alicyclic amines) is 1. The summed E-state index contributed by atoms with van der Waals surface area (Å²) in [6.45, 7) is 3.37. The maximum atomic E-state index is 12.6. The van der Waals surface area contributed by atoms with E-state index in [1.807, 2.05) is 16.1 Å². The van der Waals surface area contributed by atoms with Gasteiger partial charge in [0.25, 0.3) is 5.91 Å². The van der Waals surface area contributed by atoms with E-state index in [-0.39, 0.29) is 11.8 Å². The van der Waals surface area contributed by atoms with Crippen molar-refractivity contribution in [1.29, 1.82) is 0 Å². The third-order valence-electron chi connectivity index (χ3n) is 4.73. The molecule has 0 radical (unpaired) electrons. The Kier molecular flexibility index (Phi) is 3.79. The van der Waals surface area contributed by atoms with Crippen molar-refractivity contribution >= 4 is 11.8 Å². The minimum Gasteiger partial charge on any atom is -0.337 e. The van der Waals surface area contributed by atoms with Crippen LogP contribution in [0.15, 0.2) is 18.6 Å². The molecule has 0 spiro atoms. The van der Waals surface area contributed by atoms with E-state index in [1.165, 1.54) is 0 Å². The van der Waals surface area contributed by atoms with E-state index in [0.717, 1.165) is 37.3 Å². The minimum atomic E-state index is -0.0506. The number of hydrogen-bond donors (Lipinski definition) is 1. The predicted molar refractivity (Wildman–Crippen MR) is 84.8 cm³/mol. The summed E-state index contributed by atoms with van der Waals surface area (Å²) in [5.41, 5.74) is 2.42. The highest BCUT2D eigenvalue weighted by Gasteiger charge is 2.26. The number of amides is 2. The Morgan fingerprint density at radius 3 is 2.92 bits per heavy atom. The molecule has 0 atom stereocenters. The molecule has 0 saturated carbocycles. The van der Waals surface area contributed by atoms with Gasteiger partial charge in [-0.1, -0.05) is 0 Å². The summed E-state index contributed by atoms with van der Waals surface area (Å²) in [5.74, 6) is 0.140. The summed E-state index contributed by atoms with van der Waals surface area (Å²) in [7, 11) is 0. The molecule has 126 valence electrons. The lowest BCUT2D eigenvalue weighted by Crippen LogP contribution is -2.32. The average molecular weight is 328 g/mol. The fraction of sp³-hybridized carbons (Fsp3) is 0.500. The number of nitrogens with zero attached hydrogens (tertiary/aromatic N) is 5. The van der Waals surface area contributed by atoms with Gasteiger partial charge in [-0.2, -0.15) is 5.10 Å². The van der Waals surface area contributed by atoms with E-state index < -0.39 is 0 Å². The van der Waals surface area contributed by atoms with Crippen molar-refractivity contribution in [3.63, 3.8) is 0 Å². The molecule has 1 saturated heterocycles. The number of rotatable bonds is 3. The molecule has 0 bridgehead atoms. The Bertz CT molecular complexity index is 751. The molecule has 2 aliphatic heterocycles. The molecule has 2 aromatic rings. The van der Waals surface area contributed by atoms with Crippen LogP contribution in [0, 0.1) is 0 Å². The van der Waals surface area contributed by atoms with Crippen LogP contribution in [0.4, 0.5) is 0 Å². The lowest BCUT2D eigenvalue weighted by molar-refractivity contribution is -0.128. The topological polar surface area (TPSA) is 87.1 Å². The fourth-order valence-corrected chi connectivity index (χ4v) is 3.42. The fourth-order valence-electron chi connectivity index (χ4n) is 3.42. The molecule has 2 amide bonds. The van der Waals surface area contributed by atoms with E-state index in [2.05, 4.69) is 19.7 Å². The van der Waals surface area contributed by atoms with Gasteiger partial charge in [0.1, 0.15) is 5.69 Å². The Labute approximate surface area is 139 Å². The first kappa shape index (κ1) is 14.9. The third-order valence-corrected chi connectivity index (χ3v) is 4.73. The number of aromatic nitrogens is 4. The molecule has 4 heterocycles. The van der Waals surface area contributed by atoms with Gasteiger partial charge in [-0.25, -0.2) is 4.98 Å². The molecular weight excluding hydrogens is 308 g/mol. The SMILES string of the molecule is O=C1CCCN1Cc1ncn2c1CN(C(=O)c1ccn[nH]1)CCC2. The molecule has 24 heavy (non-hydrogen) atoms. The van der Waals surface area contributed by atoms with Crippen LogP contribution in [0.2, 0.25) is 0 Å². The van der Waals surface area contributed by atoms with Gasteiger partial charge in [-0.05, 0) is 18.9 Å². The molecule has 2 aromatic heterocycles. The van der Waals surface area contributed by atoms with Crippen molar-refractivity contribution in [2.75, 3.05) is 13.1 Å². The van der Waals surface area contributed by atoms with Crippen LogP contribution < -0.4 is 0 Å².